The number of aliphatic hydroxyl groups is 1. The number of nitrogens with zero attached hydrogens (tertiary/aromatic N) is 3. The smallest absolute Gasteiger partial charge is 0.0589 e. The van der Waals surface area contributed by atoms with Crippen LogP contribution >= 0.6 is 0 Å². The van der Waals surface area contributed by atoms with Crippen molar-refractivity contribution in [2.24, 2.45) is 13.0 Å². The lowest BCUT2D eigenvalue weighted by Crippen LogP contribution is -2.46. The molecular formula is C12H21N3O. The van der Waals surface area contributed by atoms with Gasteiger partial charge in [0.25, 0.3) is 0 Å². The van der Waals surface area contributed by atoms with Crippen LogP contribution in [0.1, 0.15) is 25.5 Å². The van der Waals surface area contributed by atoms with Gasteiger partial charge in [0, 0.05) is 25.8 Å². The van der Waals surface area contributed by atoms with E-state index in [9.17, 15) is 5.11 Å². The molecule has 2 rings (SSSR count). The number of hydrogen-bond acceptors (Lipinski definition) is 3. The summed E-state index contributed by atoms with van der Waals surface area (Å²) in [4.78, 5) is 2.38. The summed E-state index contributed by atoms with van der Waals surface area (Å²) in [7, 11) is 1.97. The Kier molecular flexibility index (Phi) is 3.61. The Balaban J connectivity index is 2.05. The summed E-state index contributed by atoms with van der Waals surface area (Å²) in [5.41, 5.74) is 1.22. The van der Waals surface area contributed by atoms with E-state index in [4.69, 9.17) is 0 Å². The molecule has 1 N–H and O–H groups in total. The van der Waals surface area contributed by atoms with Crippen molar-refractivity contribution in [1.82, 2.24) is 14.7 Å². The first kappa shape index (κ1) is 11.6. The Morgan fingerprint density at radius 1 is 1.56 bits per heavy atom. The highest BCUT2D eigenvalue weighted by molar-refractivity contribution is 5.01. The molecule has 0 radical (unpaired) electrons. The third-order valence-corrected chi connectivity index (χ3v) is 3.71. The van der Waals surface area contributed by atoms with E-state index in [-0.39, 0.29) is 6.61 Å². The molecule has 0 amide bonds. The molecule has 1 aromatic heterocycles. The summed E-state index contributed by atoms with van der Waals surface area (Å²) < 4.78 is 1.91. The van der Waals surface area contributed by atoms with E-state index >= 15 is 0 Å². The quantitative estimate of drug-likeness (QED) is 0.831. The lowest BCUT2D eigenvalue weighted by Gasteiger charge is -2.38. The minimum Gasteiger partial charge on any atom is -0.395 e. The van der Waals surface area contributed by atoms with Gasteiger partial charge in [-0.2, -0.15) is 5.10 Å². The molecule has 2 atom stereocenters. The lowest BCUT2D eigenvalue weighted by molar-refractivity contribution is 0.0456. The fraction of sp³-hybridized carbons (Fsp3) is 0.750. The number of rotatable bonds is 3. The minimum absolute atomic E-state index is 0.263. The van der Waals surface area contributed by atoms with Crippen molar-refractivity contribution in [2.45, 2.75) is 32.4 Å². The predicted molar refractivity (Wildman–Crippen MR) is 62.9 cm³/mol. The zero-order valence-corrected chi connectivity index (χ0v) is 10.1. The second-order valence-corrected chi connectivity index (χ2v) is 4.79. The average Bonchev–Trinajstić information content (AvgIpc) is 2.65. The summed E-state index contributed by atoms with van der Waals surface area (Å²) in [5, 5.41) is 13.6. The van der Waals surface area contributed by atoms with Crippen LogP contribution in [0, 0.1) is 5.92 Å². The van der Waals surface area contributed by atoms with Crippen molar-refractivity contribution in [2.75, 3.05) is 13.2 Å². The van der Waals surface area contributed by atoms with Crippen molar-refractivity contribution < 1.29 is 5.11 Å². The van der Waals surface area contributed by atoms with E-state index < -0.39 is 0 Å². The average molecular weight is 223 g/mol. The Bertz CT molecular complexity index is 337. The fourth-order valence-electron chi connectivity index (χ4n) is 2.59. The van der Waals surface area contributed by atoms with Crippen LogP contribution in [0.4, 0.5) is 0 Å². The van der Waals surface area contributed by atoms with Crippen LogP contribution in [0.15, 0.2) is 12.3 Å². The van der Waals surface area contributed by atoms with Gasteiger partial charge < -0.3 is 5.11 Å². The maximum atomic E-state index is 9.47. The summed E-state index contributed by atoms with van der Waals surface area (Å²) in [5.74, 6) is 0.590. The van der Waals surface area contributed by atoms with E-state index in [1.807, 2.05) is 24.0 Å². The van der Waals surface area contributed by atoms with E-state index in [1.165, 1.54) is 18.5 Å². The van der Waals surface area contributed by atoms with Crippen molar-refractivity contribution in [3.8, 4) is 0 Å². The first-order chi connectivity index (χ1) is 7.72. The normalized spacial score (nSPS) is 27.2. The molecule has 0 saturated carbocycles. The van der Waals surface area contributed by atoms with Gasteiger partial charge in [0.1, 0.15) is 0 Å². The Morgan fingerprint density at radius 2 is 2.38 bits per heavy atom. The zero-order chi connectivity index (χ0) is 11.5. The van der Waals surface area contributed by atoms with Crippen molar-refractivity contribution in [1.29, 1.82) is 0 Å². The van der Waals surface area contributed by atoms with Crippen LogP contribution < -0.4 is 0 Å². The highest BCUT2D eigenvalue weighted by Crippen LogP contribution is 2.24. The molecule has 16 heavy (non-hydrogen) atoms. The molecule has 1 aliphatic heterocycles. The van der Waals surface area contributed by atoms with Crippen LogP contribution in [0.5, 0.6) is 0 Å². The Morgan fingerprint density at radius 3 is 3.00 bits per heavy atom. The molecule has 0 aliphatic carbocycles. The third-order valence-electron chi connectivity index (χ3n) is 3.71. The van der Waals surface area contributed by atoms with Gasteiger partial charge in [0.15, 0.2) is 0 Å². The SMILES string of the molecule is CC1CCCN(Cc2ccnn2C)C1CO. The summed E-state index contributed by atoms with van der Waals surface area (Å²) in [6.45, 7) is 4.47. The predicted octanol–water partition coefficient (Wildman–Crippen LogP) is 1.01. The number of aliphatic hydroxyl groups excluding tert-OH is 1. The molecule has 4 nitrogen and oxygen atoms in total. The Labute approximate surface area is 96.9 Å². The minimum atomic E-state index is 0.263. The highest BCUT2D eigenvalue weighted by Gasteiger charge is 2.28. The molecule has 1 saturated heterocycles. The van der Waals surface area contributed by atoms with Gasteiger partial charge in [-0.15, -0.1) is 0 Å². The topological polar surface area (TPSA) is 41.3 Å². The molecule has 0 bridgehead atoms. The summed E-state index contributed by atoms with van der Waals surface area (Å²) in [6.07, 6.45) is 4.29. The summed E-state index contributed by atoms with van der Waals surface area (Å²) >= 11 is 0. The molecule has 2 heterocycles. The molecular weight excluding hydrogens is 202 g/mol. The molecule has 1 aliphatic rings. The standard InChI is InChI=1S/C12H21N3O/c1-10-4-3-7-15(12(10)9-16)8-11-5-6-13-14(11)2/h5-6,10,12,16H,3-4,7-9H2,1-2H3. The monoisotopic (exact) mass is 223 g/mol. The molecule has 1 fully saturated rings. The van der Waals surface area contributed by atoms with Crippen molar-refractivity contribution >= 4 is 0 Å². The number of likely N-dealkylation sites (tertiary alicyclic amines) is 1. The van der Waals surface area contributed by atoms with Crippen molar-refractivity contribution in [3.63, 3.8) is 0 Å². The second-order valence-electron chi connectivity index (χ2n) is 4.79. The fourth-order valence-corrected chi connectivity index (χ4v) is 2.59. The molecule has 2 unspecified atom stereocenters. The number of piperidine rings is 1. The third kappa shape index (κ3) is 2.28. The van der Waals surface area contributed by atoms with Gasteiger partial charge in [0.2, 0.25) is 0 Å². The van der Waals surface area contributed by atoms with Gasteiger partial charge in [0.05, 0.1) is 12.3 Å². The van der Waals surface area contributed by atoms with Crippen LogP contribution in [0.3, 0.4) is 0 Å². The van der Waals surface area contributed by atoms with E-state index in [0.29, 0.717) is 12.0 Å². The zero-order valence-electron chi connectivity index (χ0n) is 10.1. The van der Waals surface area contributed by atoms with Crippen LogP contribution in [-0.4, -0.2) is 39.0 Å². The second kappa shape index (κ2) is 4.97. The Hall–Kier alpha value is -0.870. The highest BCUT2D eigenvalue weighted by atomic mass is 16.3. The molecule has 4 heteroatoms. The number of hydrogen-bond donors (Lipinski definition) is 1. The van der Waals surface area contributed by atoms with Gasteiger partial charge >= 0.3 is 0 Å². The first-order valence-electron chi connectivity index (χ1n) is 6.04. The van der Waals surface area contributed by atoms with E-state index in [1.54, 1.807) is 0 Å². The molecule has 0 spiro atoms. The van der Waals surface area contributed by atoms with Crippen LogP contribution in [-0.2, 0) is 13.6 Å². The van der Waals surface area contributed by atoms with Crippen molar-refractivity contribution in [3.05, 3.63) is 18.0 Å². The largest absolute Gasteiger partial charge is 0.395 e. The maximum absolute atomic E-state index is 9.47. The molecule has 90 valence electrons. The number of aromatic nitrogens is 2. The summed E-state index contributed by atoms with van der Waals surface area (Å²) in [6, 6.07) is 2.36. The first-order valence-corrected chi connectivity index (χ1v) is 6.04. The van der Waals surface area contributed by atoms with Gasteiger partial charge in [-0.1, -0.05) is 6.92 Å². The van der Waals surface area contributed by atoms with E-state index in [0.717, 1.165) is 13.1 Å². The van der Waals surface area contributed by atoms with Gasteiger partial charge in [-0.3, -0.25) is 9.58 Å². The van der Waals surface area contributed by atoms with Gasteiger partial charge in [-0.25, -0.2) is 0 Å². The number of aryl methyl sites for hydroxylation is 1. The van der Waals surface area contributed by atoms with Gasteiger partial charge in [-0.05, 0) is 31.4 Å². The lowest BCUT2D eigenvalue weighted by atomic mass is 9.91. The van der Waals surface area contributed by atoms with E-state index in [2.05, 4.69) is 16.9 Å². The molecule has 0 aromatic carbocycles. The maximum Gasteiger partial charge on any atom is 0.0589 e. The van der Waals surface area contributed by atoms with Crippen LogP contribution in [0.25, 0.3) is 0 Å². The van der Waals surface area contributed by atoms with Crippen LogP contribution in [0.2, 0.25) is 0 Å². The molecule has 1 aromatic rings.